The van der Waals surface area contributed by atoms with E-state index < -0.39 is 0 Å². The first kappa shape index (κ1) is 7.95. The average Bonchev–Trinajstić information content (AvgIpc) is 1.89. The van der Waals surface area contributed by atoms with Crippen LogP contribution in [0.2, 0.25) is 0 Å². The molecule has 2 heteroatoms. The summed E-state index contributed by atoms with van der Waals surface area (Å²) >= 11 is 0. The SMILES string of the molecule is C=CC/N=C\C(=C)NC. The quantitative estimate of drug-likeness (QED) is 0.438. The lowest BCUT2D eigenvalue weighted by Crippen LogP contribution is -2.04. The van der Waals surface area contributed by atoms with Crippen molar-refractivity contribution in [2.75, 3.05) is 13.6 Å². The largest absolute Gasteiger partial charge is 0.387 e. The molecule has 0 radical (unpaired) electrons. The normalized spacial score (nSPS) is 9.44. The summed E-state index contributed by atoms with van der Waals surface area (Å²) in [5, 5.41) is 2.85. The van der Waals surface area contributed by atoms with Gasteiger partial charge in [-0.05, 0) is 0 Å². The molecule has 0 amide bonds. The molecule has 0 heterocycles. The van der Waals surface area contributed by atoms with Crippen LogP contribution in [0.1, 0.15) is 0 Å². The van der Waals surface area contributed by atoms with E-state index in [1.54, 1.807) is 12.3 Å². The van der Waals surface area contributed by atoms with E-state index in [9.17, 15) is 0 Å². The van der Waals surface area contributed by atoms with Crippen molar-refractivity contribution in [1.29, 1.82) is 0 Å². The van der Waals surface area contributed by atoms with Gasteiger partial charge in [-0.25, -0.2) is 0 Å². The van der Waals surface area contributed by atoms with Gasteiger partial charge in [0.2, 0.25) is 0 Å². The van der Waals surface area contributed by atoms with Gasteiger partial charge in [0, 0.05) is 19.0 Å². The van der Waals surface area contributed by atoms with Crippen molar-refractivity contribution in [3.05, 3.63) is 24.9 Å². The highest BCUT2D eigenvalue weighted by atomic mass is 14.8. The van der Waals surface area contributed by atoms with Crippen molar-refractivity contribution in [2.24, 2.45) is 4.99 Å². The minimum absolute atomic E-state index is 0.653. The Balaban J connectivity index is 3.43. The van der Waals surface area contributed by atoms with E-state index in [2.05, 4.69) is 23.5 Å². The lowest BCUT2D eigenvalue weighted by molar-refractivity contribution is 1.06. The smallest absolute Gasteiger partial charge is 0.0568 e. The van der Waals surface area contributed by atoms with Crippen LogP contribution in [-0.2, 0) is 0 Å². The predicted molar refractivity (Wildman–Crippen MR) is 41.8 cm³/mol. The molecule has 0 spiro atoms. The molecule has 0 bridgehead atoms. The lowest BCUT2D eigenvalue weighted by Gasteiger charge is -1.92. The molecule has 0 aliphatic carbocycles. The molecule has 0 atom stereocenters. The first-order valence-corrected chi connectivity index (χ1v) is 2.78. The van der Waals surface area contributed by atoms with E-state index in [-0.39, 0.29) is 0 Å². The summed E-state index contributed by atoms with van der Waals surface area (Å²) in [6.45, 7) is 7.82. The number of aliphatic imine (C=N–C) groups is 1. The zero-order valence-electron chi connectivity index (χ0n) is 5.72. The summed E-state index contributed by atoms with van der Waals surface area (Å²) in [6.07, 6.45) is 3.42. The first-order chi connectivity index (χ1) is 4.31. The van der Waals surface area contributed by atoms with Gasteiger partial charge in [-0.3, -0.25) is 4.99 Å². The van der Waals surface area contributed by atoms with Crippen molar-refractivity contribution in [3.8, 4) is 0 Å². The van der Waals surface area contributed by atoms with Crippen LogP contribution in [0.3, 0.4) is 0 Å². The van der Waals surface area contributed by atoms with Crippen LogP contribution in [0, 0.1) is 0 Å². The Labute approximate surface area is 56.0 Å². The molecule has 0 aromatic heterocycles. The monoisotopic (exact) mass is 124 g/mol. The molecule has 0 rings (SSSR count). The maximum absolute atomic E-state index is 3.96. The Bertz CT molecular complexity index is 125. The highest BCUT2D eigenvalue weighted by molar-refractivity contribution is 5.76. The Morgan fingerprint density at radius 3 is 2.89 bits per heavy atom. The fourth-order valence-electron chi connectivity index (χ4n) is 0.302. The summed E-state index contributed by atoms with van der Waals surface area (Å²) in [5.41, 5.74) is 0.817. The number of rotatable bonds is 4. The topological polar surface area (TPSA) is 24.4 Å². The predicted octanol–water partition coefficient (Wildman–Crippen LogP) is 0.976. The molecule has 1 N–H and O–H groups in total. The highest BCUT2D eigenvalue weighted by Gasteiger charge is 1.76. The van der Waals surface area contributed by atoms with Crippen molar-refractivity contribution in [1.82, 2.24) is 5.32 Å². The van der Waals surface area contributed by atoms with Gasteiger partial charge in [-0.2, -0.15) is 0 Å². The van der Waals surface area contributed by atoms with Crippen LogP contribution >= 0.6 is 0 Å². The molecular formula is C7H12N2. The molecule has 0 aromatic carbocycles. The van der Waals surface area contributed by atoms with Gasteiger partial charge in [0.05, 0.1) is 6.54 Å². The van der Waals surface area contributed by atoms with E-state index in [4.69, 9.17) is 0 Å². The number of hydrogen-bond donors (Lipinski definition) is 1. The summed E-state index contributed by atoms with van der Waals surface area (Å²) in [7, 11) is 1.81. The Kier molecular flexibility index (Phi) is 4.50. The Hall–Kier alpha value is -1.05. The number of hydrogen-bond acceptors (Lipinski definition) is 2. The van der Waals surface area contributed by atoms with Crippen molar-refractivity contribution < 1.29 is 0 Å². The molecule has 2 nitrogen and oxygen atoms in total. The van der Waals surface area contributed by atoms with Crippen LogP contribution < -0.4 is 5.32 Å². The molecule has 0 saturated heterocycles. The molecule has 0 saturated carbocycles. The van der Waals surface area contributed by atoms with Crippen molar-refractivity contribution in [2.45, 2.75) is 0 Å². The van der Waals surface area contributed by atoms with Crippen LogP contribution in [0.15, 0.2) is 29.9 Å². The summed E-state index contributed by atoms with van der Waals surface area (Å²) in [4.78, 5) is 3.96. The maximum atomic E-state index is 3.96. The average molecular weight is 124 g/mol. The van der Waals surface area contributed by atoms with Gasteiger partial charge in [0.25, 0.3) is 0 Å². The van der Waals surface area contributed by atoms with Crippen LogP contribution in [-0.4, -0.2) is 19.8 Å². The van der Waals surface area contributed by atoms with Crippen LogP contribution in [0.25, 0.3) is 0 Å². The van der Waals surface area contributed by atoms with Gasteiger partial charge in [-0.1, -0.05) is 12.7 Å². The second-order valence-electron chi connectivity index (χ2n) is 1.56. The van der Waals surface area contributed by atoms with Gasteiger partial charge >= 0.3 is 0 Å². The van der Waals surface area contributed by atoms with Gasteiger partial charge < -0.3 is 5.32 Å². The molecule has 0 unspecified atom stereocenters. The molecule has 50 valence electrons. The molecule has 9 heavy (non-hydrogen) atoms. The number of nitrogens with one attached hydrogen (secondary N) is 1. The van der Waals surface area contributed by atoms with E-state index in [1.807, 2.05) is 7.05 Å². The molecule has 0 aromatic rings. The first-order valence-electron chi connectivity index (χ1n) is 2.78. The van der Waals surface area contributed by atoms with Crippen molar-refractivity contribution in [3.63, 3.8) is 0 Å². The van der Waals surface area contributed by atoms with Gasteiger partial charge in [0.15, 0.2) is 0 Å². The maximum Gasteiger partial charge on any atom is 0.0568 e. The molecule has 0 fully saturated rings. The van der Waals surface area contributed by atoms with E-state index in [0.29, 0.717) is 6.54 Å². The second-order valence-corrected chi connectivity index (χ2v) is 1.56. The third-order valence-corrected chi connectivity index (χ3v) is 0.803. The fraction of sp³-hybridized carbons (Fsp3) is 0.286. The van der Waals surface area contributed by atoms with Gasteiger partial charge in [0.1, 0.15) is 0 Å². The zero-order chi connectivity index (χ0) is 7.11. The zero-order valence-corrected chi connectivity index (χ0v) is 5.72. The standard InChI is InChI=1S/C7H12N2/c1-4-5-9-6-7(2)8-3/h4,6,8H,1-2,5H2,3H3/b9-6-. The third-order valence-electron chi connectivity index (χ3n) is 0.803. The van der Waals surface area contributed by atoms with Crippen molar-refractivity contribution >= 4 is 6.21 Å². The van der Waals surface area contributed by atoms with E-state index in [0.717, 1.165) is 5.70 Å². The van der Waals surface area contributed by atoms with E-state index in [1.165, 1.54) is 0 Å². The third kappa shape index (κ3) is 4.81. The number of nitrogens with zero attached hydrogens (tertiary/aromatic N) is 1. The summed E-state index contributed by atoms with van der Waals surface area (Å²) in [5.74, 6) is 0. The lowest BCUT2D eigenvalue weighted by atomic mass is 10.5. The summed E-state index contributed by atoms with van der Waals surface area (Å²) in [6, 6.07) is 0. The minimum Gasteiger partial charge on any atom is -0.387 e. The van der Waals surface area contributed by atoms with Crippen LogP contribution in [0.4, 0.5) is 0 Å². The number of allylic oxidation sites excluding steroid dienone is 1. The molecular weight excluding hydrogens is 112 g/mol. The van der Waals surface area contributed by atoms with Gasteiger partial charge in [-0.15, -0.1) is 6.58 Å². The van der Waals surface area contributed by atoms with Crippen LogP contribution in [0.5, 0.6) is 0 Å². The van der Waals surface area contributed by atoms with E-state index >= 15 is 0 Å². The highest BCUT2D eigenvalue weighted by Crippen LogP contribution is 1.75. The molecule has 0 aliphatic rings. The Morgan fingerprint density at radius 1 is 1.78 bits per heavy atom. The Morgan fingerprint density at radius 2 is 2.44 bits per heavy atom. The summed E-state index contributed by atoms with van der Waals surface area (Å²) < 4.78 is 0. The molecule has 0 aliphatic heterocycles. The second kappa shape index (κ2) is 5.09. The minimum atomic E-state index is 0.653. The fourth-order valence-corrected chi connectivity index (χ4v) is 0.302.